The van der Waals surface area contributed by atoms with Crippen molar-refractivity contribution >= 4 is 29.9 Å². The Bertz CT molecular complexity index is 718. The van der Waals surface area contributed by atoms with Crippen LogP contribution >= 0.6 is 24.0 Å². The van der Waals surface area contributed by atoms with E-state index in [1.54, 1.807) is 7.11 Å². The Morgan fingerprint density at radius 3 is 2.71 bits per heavy atom. The summed E-state index contributed by atoms with van der Waals surface area (Å²) in [7, 11) is 5.82. The van der Waals surface area contributed by atoms with Gasteiger partial charge in [0.25, 0.3) is 0 Å². The molecule has 0 fully saturated rings. The van der Waals surface area contributed by atoms with Crippen molar-refractivity contribution < 1.29 is 9.47 Å². The summed E-state index contributed by atoms with van der Waals surface area (Å²) in [6.07, 6.45) is 2.94. The number of hydrogen-bond donors (Lipinski definition) is 1. The molecule has 2 aromatic rings. The highest BCUT2D eigenvalue weighted by Crippen LogP contribution is 2.14. The van der Waals surface area contributed by atoms with Crippen LogP contribution in [0.15, 0.2) is 47.6 Å². The zero-order chi connectivity index (χ0) is 19.5. The lowest BCUT2D eigenvalue weighted by Crippen LogP contribution is -2.38. The van der Waals surface area contributed by atoms with E-state index in [-0.39, 0.29) is 24.0 Å². The van der Waals surface area contributed by atoms with Crippen molar-refractivity contribution in [2.45, 2.75) is 26.4 Å². The first-order valence-electron chi connectivity index (χ1n) is 9.44. The zero-order valence-electron chi connectivity index (χ0n) is 17.4. The molecule has 0 saturated heterocycles. The molecule has 0 aliphatic rings. The standard InChI is InChI=1S/C21H32N4O2.HI/c1-5-22-21(25(3)17-19-10-7-12-24(19)2)23-16-18-9-6-11-20(15-18)27-14-8-13-26-4;/h6-7,9-12,15H,5,8,13-14,16-17H2,1-4H3,(H,22,23);1H. The van der Waals surface area contributed by atoms with E-state index in [1.165, 1.54) is 5.69 Å². The van der Waals surface area contributed by atoms with Gasteiger partial charge in [-0.1, -0.05) is 12.1 Å². The largest absolute Gasteiger partial charge is 0.493 e. The number of rotatable bonds is 10. The van der Waals surface area contributed by atoms with Crippen molar-refractivity contribution in [3.63, 3.8) is 0 Å². The van der Waals surface area contributed by atoms with Crippen LogP contribution in [0.25, 0.3) is 0 Å². The third kappa shape index (κ3) is 8.10. The van der Waals surface area contributed by atoms with Crippen LogP contribution in [-0.2, 0) is 24.9 Å². The predicted octanol–water partition coefficient (Wildman–Crippen LogP) is 3.66. The van der Waals surface area contributed by atoms with E-state index in [9.17, 15) is 0 Å². The second-order valence-electron chi connectivity index (χ2n) is 6.48. The Kier molecular flexibility index (Phi) is 11.7. The topological polar surface area (TPSA) is 51.0 Å². The first-order chi connectivity index (χ1) is 13.1. The minimum atomic E-state index is 0. The number of benzene rings is 1. The van der Waals surface area contributed by atoms with E-state index >= 15 is 0 Å². The number of ether oxygens (including phenoxy) is 2. The fraction of sp³-hybridized carbons (Fsp3) is 0.476. The molecule has 0 amide bonds. The van der Waals surface area contributed by atoms with Crippen LogP contribution in [0.3, 0.4) is 0 Å². The van der Waals surface area contributed by atoms with Gasteiger partial charge in [0.15, 0.2) is 5.96 Å². The Balaban J connectivity index is 0.00000392. The molecule has 28 heavy (non-hydrogen) atoms. The van der Waals surface area contributed by atoms with Crippen LogP contribution in [-0.4, -0.2) is 49.3 Å². The Hall–Kier alpha value is -1.74. The molecule has 0 atom stereocenters. The van der Waals surface area contributed by atoms with Gasteiger partial charge >= 0.3 is 0 Å². The number of aromatic nitrogens is 1. The molecule has 1 aromatic carbocycles. The maximum absolute atomic E-state index is 5.78. The quantitative estimate of drug-likeness (QED) is 0.234. The molecule has 0 spiro atoms. The fourth-order valence-corrected chi connectivity index (χ4v) is 2.74. The van der Waals surface area contributed by atoms with E-state index in [0.29, 0.717) is 19.8 Å². The SMILES string of the molecule is CCNC(=NCc1cccc(OCCCOC)c1)N(C)Cc1cccn1C.I. The third-order valence-electron chi connectivity index (χ3n) is 4.22. The highest BCUT2D eigenvalue weighted by atomic mass is 127. The molecule has 0 unspecified atom stereocenters. The van der Waals surface area contributed by atoms with Crippen LogP contribution in [0.5, 0.6) is 5.75 Å². The van der Waals surface area contributed by atoms with Gasteiger partial charge < -0.3 is 24.3 Å². The molecular weight excluding hydrogens is 467 g/mol. The summed E-state index contributed by atoms with van der Waals surface area (Å²) in [5.41, 5.74) is 2.37. The van der Waals surface area contributed by atoms with Gasteiger partial charge in [-0.2, -0.15) is 0 Å². The van der Waals surface area contributed by atoms with Gasteiger partial charge in [0, 0.05) is 52.7 Å². The van der Waals surface area contributed by atoms with Crippen molar-refractivity contribution in [1.29, 1.82) is 0 Å². The highest BCUT2D eigenvalue weighted by Gasteiger charge is 2.08. The lowest BCUT2D eigenvalue weighted by molar-refractivity contribution is 0.172. The number of methoxy groups -OCH3 is 1. The molecule has 0 aliphatic carbocycles. The number of aliphatic imine (C=N–C) groups is 1. The first kappa shape index (κ1) is 24.3. The van der Waals surface area contributed by atoms with Crippen LogP contribution in [0.2, 0.25) is 0 Å². The smallest absolute Gasteiger partial charge is 0.194 e. The normalized spacial score (nSPS) is 11.1. The van der Waals surface area contributed by atoms with E-state index in [0.717, 1.165) is 36.8 Å². The van der Waals surface area contributed by atoms with Gasteiger partial charge in [0.1, 0.15) is 5.75 Å². The molecule has 0 radical (unpaired) electrons. The van der Waals surface area contributed by atoms with Crippen LogP contribution < -0.4 is 10.1 Å². The van der Waals surface area contributed by atoms with Gasteiger partial charge in [-0.05, 0) is 36.8 Å². The lowest BCUT2D eigenvalue weighted by atomic mass is 10.2. The molecule has 0 aliphatic heterocycles. The summed E-state index contributed by atoms with van der Waals surface area (Å²) in [6.45, 7) is 5.69. The minimum Gasteiger partial charge on any atom is -0.493 e. The second kappa shape index (κ2) is 13.4. The average molecular weight is 500 g/mol. The van der Waals surface area contributed by atoms with E-state index in [2.05, 4.69) is 66.3 Å². The third-order valence-corrected chi connectivity index (χ3v) is 4.22. The van der Waals surface area contributed by atoms with Crippen LogP contribution in [0.1, 0.15) is 24.6 Å². The zero-order valence-corrected chi connectivity index (χ0v) is 19.7. The summed E-state index contributed by atoms with van der Waals surface area (Å²) < 4.78 is 13.0. The summed E-state index contributed by atoms with van der Waals surface area (Å²) in [5.74, 6) is 1.77. The van der Waals surface area contributed by atoms with Gasteiger partial charge in [-0.25, -0.2) is 4.99 Å². The number of aryl methyl sites for hydroxylation is 1. The Morgan fingerprint density at radius 2 is 2.04 bits per heavy atom. The predicted molar refractivity (Wildman–Crippen MR) is 126 cm³/mol. The van der Waals surface area contributed by atoms with Crippen molar-refractivity contribution in [1.82, 2.24) is 14.8 Å². The highest BCUT2D eigenvalue weighted by molar-refractivity contribution is 14.0. The number of halogens is 1. The molecule has 7 heteroatoms. The number of nitrogens with one attached hydrogen (secondary N) is 1. The van der Waals surface area contributed by atoms with E-state index in [4.69, 9.17) is 14.5 Å². The Morgan fingerprint density at radius 1 is 1.21 bits per heavy atom. The molecule has 6 nitrogen and oxygen atoms in total. The molecule has 156 valence electrons. The maximum atomic E-state index is 5.78. The molecular formula is C21H33IN4O2. The summed E-state index contributed by atoms with van der Waals surface area (Å²) in [5, 5.41) is 3.37. The number of nitrogens with zero attached hydrogens (tertiary/aromatic N) is 3. The molecule has 1 aromatic heterocycles. The van der Waals surface area contributed by atoms with E-state index < -0.39 is 0 Å². The number of guanidine groups is 1. The van der Waals surface area contributed by atoms with E-state index in [1.807, 2.05) is 12.1 Å². The summed E-state index contributed by atoms with van der Waals surface area (Å²) in [6, 6.07) is 12.3. The van der Waals surface area contributed by atoms with Crippen molar-refractivity contribution in [3.8, 4) is 5.75 Å². The van der Waals surface area contributed by atoms with Crippen molar-refractivity contribution in [2.24, 2.45) is 12.0 Å². The molecule has 0 bridgehead atoms. The summed E-state index contributed by atoms with van der Waals surface area (Å²) >= 11 is 0. The average Bonchev–Trinajstić information content (AvgIpc) is 3.07. The van der Waals surface area contributed by atoms with Gasteiger partial charge in [-0.3, -0.25) is 0 Å². The Labute approximate surface area is 185 Å². The lowest BCUT2D eigenvalue weighted by Gasteiger charge is -2.22. The van der Waals surface area contributed by atoms with Crippen molar-refractivity contribution in [2.75, 3.05) is 33.9 Å². The van der Waals surface area contributed by atoms with Crippen molar-refractivity contribution in [3.05, 3.63) is 53.9 Å². The van der Waals surface area contributed by atoms with Crippen LogP contribution in [0.4, 0.5) is 0 Å². The fourth-order valence-electron chi connectivity index (χ4n) is 2.74. The summed E-state index contributed by atoms with van der Waals surface area (Å²) in [4.78, 5) is 6.93. The minimum absolute atomic E-state index is 0. The monoisotopic (exact) mass is 500 g/mol. The maximum Gasteiger partial charge on any atom is 0.194 e. The molecule has 1 heterocycles. The van der Waals surface area contributed by atoms with Gasteiger partial charge in [0.2, 0.25) is 0 Å². The molecule has 1 N–H and O–H groups in total. The van der Waals surface area contributed by atoms with Gasteiger partial charge in [0.05, 0.1) is 19.7 Å². The van der Waals surface area contributed by atoms with Gasteiger partial charge in [-0.15, -0.1) is 24.0 Å². The first-order valence-corrected chi connectivity index (χ1v) is 9.44. The molecule has 2 rings (SSSR count). The molecule has 0 saturated carbocycles. The van der Waals surface area contributed by atoms with Crippen LogP contribution in [0, 0.1) is 0 Å². The second-order valence-corrected chi connectivity index (χ2v) is 6.48. The number of hydrogen-bond acceptors (Lipinski definition) is 3.